The van der Waals surface area contributed by atoms with Gasteiger partial charge in [0.15, 0.2) is 0 Å². The molecule has 6 heteroatoms. The average molecular weight is 376 g/mol. The number of nitrogens with zero attached hydrogens (tertiary/aromatic N) is 3. The molecule has 2 heterocycles. The number of hydrogen-bond donors (Lipinski definition) is 1. The fourth-order valence-electron chi connectivity index (χ4n) is 3.55. The Labute approximate surface area is 164 Å². The van der Waals surface area contributed by atoms with E-state index in [4.69, 9.17) is 4.74 Å². The fraction of sp³-hybridized carbons (Fsp3) is 0.273. The van der Waals surface area contributed by atoms with E-state index in [1.54, 1.807) is 19.4 Å². The van der Waals surface area contributed by atoms with Crippen molar-refractivity contribution < 1.29 is 9.53 Å². The Bertz CT molecular complexity index is 991. The Morgan fingerprint density at radius 3 is 2.64 bits per heavy atom. The van der Waals surface area contributed by atoms with Gasteiger partial charge in [-0.05, 0) is 37.4 Å². The van der Waals surface area contributed by atoms with Gasteiger partial charge in [-0.1, -0.05) is 18.2 Å². The lowest BCUT2D eigenvalue weighted by molar-refractivity contribution is 0.102. The number of aromatic nitrogens is 1. The van der Waals surface area contributed by atoms with Gasteiger partial charge in [0, 0.05) is 43.4 Å². The van der Waals surface area contributed by atoms with Gasteiger partial charge in [-0.25, -0.2) is 0 Å². The monoisotopic (exact) mass is 376 g/mol. The normalized spacial score (nSPS) is 14.9. The number of methoxy groups -OCH3 is 1. The summed E-state index contributed by atoms with van der Waals surface area (Å²) in [6.07, 6.45) is 1.67. The summed E-state index contributed by atoms with van der Waals surface area (Å²) in [5.74, 6) is 0.671. The summed E-state index contributed by atoms with van der Waals surface area (Å²) >= 11 is 0. The molecule has 0 atom stereocenters. The second kappa shape index (κ2) is 7.86. The third kappa shape index (κ3) is 3.64. The van der Waals surface area contributed by atoms with Crippen molar-refractivity contribution in [1.82, 2.24) is 9.88 Å². The van der Waals surface area contributed by atoms with E-state index < -0.39 is 0 Å². The summed E-state index contributed by atoms with van der Waals surface area (Å²) in [7, 11) is 3.81. The predicted molar refractivity (Wildman–Crippen MR) is 112 cm³/mol. The molecule has 6 nitrogen and oxygen atoms in total. The highest BCUT2D eigenvalue weighted by atomic mass is 16.5. The number of piperazine rings is 1. The molecule has 144 valence electrons. The highest BCUT2D eigenvalue weighted by Crippen LogP contribution is 2.32. The first-order chi connectivity index (χ1) is 13.7. The largest absolute Gasteiger partial charge is 0.495 e. The van der Waals surface area contributed by atoms with Crippen molar-refractivity contribution in [2.24, 2.45) is 0 Å². The summed E-state index contributed by atoms with van der Waals surface area (Å²) in [5, 5.41) is 3.87. The van der Waals surface area contributed by atoms with Gasteiger partial charge < -0.3 is 19.9 Å². The number of ether oxygens (including phenoxy) is 1. The molecule has 1 aliphatic rings. The summed E-state index contributed by atoms with van der Waals surface area (Å²) in [4.78, 5) is 21.9. The van der Waals surface area contributed by atoms with Crippen molar-refractivity contribution in [2.45, 2.75) is 0 Å². The lowest BCUT2D eigenvalue weighted by Crippen LogP contribution is -2.44. The van der Waals surface area contributed by atoms with Gasteiger partial charge in [-0.15, -0.1) is 0 Å². The molecule has 1 aromatic heterocycles. The lowest BCUT2D eigenvalue weighted by Gasteiger charge is -2.35. The fourth-order valence-corrected chi connectivity index (χ4v) is 3.55. The van der Waals surface area contributed by atoms with Crippen molar-refractivity contribution in [3.63, 3.8) is 0 Å². The maximum atomic E-state index is 12.9. The minimum absolute atomic E-state index is 0.145. The first-order valence-electron chi connectivity index (χ1n) is 9.42. The number of rotatable bonds is 4. The van der Waals surface area contributed by atoms with Gasteiger partial charge in [0.2, 0.25) is 0 Å². The first kappa shape index (κ1) is 18.3. The number of hydrogen-bond acceptors (Lipinski definition) is 5. The van der Waals surface area contributed by atoms with Crippen LogP contribution in [0.3, 0.4) is 0 Å². The average Bonchev–Trinajstić information content (AvgIpc) is 2.74. The molecule has 0 saturated carbocycles. The number of amides is 1. The third-order valence-electron chi connectivity index (χ3n) is 5.17. The second-order valence-electron chi connectivity index (χ2n) is 7.01. The molecule has 0 bridgehead atoms. The van der Waals surface area contributed by atoms with Crippen molar-refractivity contribution in [3.8, 4) is 5.75 Å². The molecular formula is C22H24N4O2. The standard InChI is InChI=1S/C22H24N4O2/c1-25-11-13-26(14-12-25)20-15-16(7-8-21(20)28-2)24-22(27)18-9-10-23-19-6-4-3-5-17(18)19/h3-10,15H,11-14H2,1-2H3,(H,24,27). The van der Waals surface area contributed by atoms with Gasteiger partial charge in [0.05, 0.1) is 23.9 Å². The highest BCUT2D eigenvalue weighted by Gasteiger charge is 2.19. The molecule has 2 aromatic carbocycles. The molecule has 4 rings (SSSR count). The van der Waals surface area contributed by atoms with Crippen molar-refractivity contribution in [1.29, 1.82) is 0 Å². The van der Waals surface area contributed by atoms with Crippen LogP contribution >= 0.6 is 0 Å². The van der Waals surface area contributed by atoms with E-state index in [2.05, 4.69) is 27.1 Å². The molecule has 3 aromatic rings. The molecule has 1 aliphatic heterocycles. The smallest absolute Gasteiger partial charge is 0.256 e. The first-order valence-corrected chi connectivity index (χ1v) is 9.42. The molecule has 0 aliphatic carbocycles. The van der Waals surface area contributed by atoms with E-state index in [0.29, 0.717) is 5.56 Å². The number of likely N-dealkylation sites (N-methyl/N-ethyl adjacent to an activating group) is 1. The van der Waals surface area contributed by atoms with Crippen LogP contribution in [-0.2, 0) is 0 Å². The van der Waals surface area contributed by atoms with Crippen LogP contribution in [0.1, 0.15) is 10.4 Å². The quantitative estimate of drug-likeness (QED) is 0.758. The van der Waals surface area contributed by atoms with E-state index in [-0.39, 0.29) is 5.91 Å². The molecule has 1 amide bonds. The van der Waals surface area contributed by atoms with Crippen LogP contribution in [0.5, 0.6) is 5.75 Å². The molecule has 1 fully saturated rings. The molecule has 0 unspecified atom stereocenters. The van der Waals surface area contributed by atoms with Crippen LogP contribution < -0.4 is 15.0 Å². The van der Waals surface area contributed by atoms with Gasteiger partial charge in [-0.3, -0.25) is 9.78 Å². The van der Waals surface area contributed by atoms with Crippen LogP contribution in [0.4, 0.5) is 11.4 Å². The molecule has 0 radical (unpaired) electrons. The summed E-state index contributed by atoms with van der Waals surface area (Å²) in [6, 6.07) is 15.2. The van der Waals surface area contributed by atoms with E-state index >= 15 is 0 Å². The number of nitrogens with one attached hydrogen (secondary N) is 1. The summed E-state index contributed by atoms with van der Waals surface area (Å²) in [5.41, 5.74) is 3.18. The van der Waals surface area contributed by atoms with Crippen molar-refractivity contribution >= 4 is 28.2 Å². The van der Waals surface area contributed by atoms with Gasteiger partial charge >= 0.3 is 0 Å². The number of benzene rings is 2. The topological polar surface area (TPSA) is 57.7 Å². The lowest BCUT2D eigenvalue weighted by atomic mass is 10.1. The Morgan fingerprint density at radius 2 is 1.86 bits per heavy atom. The van der Waals surface area contributed by atoms with Crippen LogP contribution in [0.25, 0.3) is 10.9 Å². The Kier molecular flexibility index (Phi) is 5.12. The van der Waals surface area contributed by atoms with Gasteiger partial charge in [-0.2, -0.15) is 0 Å². The molecule has 0 spiro atoms. The number of carbonyl (C=O) groups is 1. The summed E-state index contributed by atoms with van der Waals surface area (Å²) < 4.78 is 5.55. The zero-order chi connectivity index (χ0) is 19.5. The van der Waals surface area contributed by atoms with Crippen LogP contribution in [0.15, 0.2) is 54.7 Å². The Morgan fingerprint density at radius 1 is 1.07 bits per heavy atom. The van der Waals surface area contributed by atoms with E-state index in [9.17, 15) is 4.79 Å². The highest BCUT2D eigenvalue weighted by molar-refractivity contribution is 6.12. The minimum atomic E-state index is -0.145. The van der Waals surface area contributed by atoms with E-state index in [1.165, 1.54) is 0 Å². The number of para-hydroxylation sites is 1. The number of pyridine rings is 1. The van der Waals surface area contributed by atoms with Crippen LogP contribution in [0, 0.1) is 0 Å². The minimum Gasteiger partial charge on any atom is -0.495 e. The zero-order valence-corrected chi connectivity index (χ0v) is 16.2. The zero-order valence-electron chi connectivity index (χ0n) is 16.2. The Balaban J connectivity index is 1.61. The number of anilines is 2. The predicted octanol–water partition coefficient (Wildman–Crippen LogP) is 3.25. The van der Waals surface area contributed by atoms with E-state index in [0.717, 1.165) is 54.2 Å². The SMILES string of the molecule is COc1ccc(NC(=O)c2ccnc3ccccc23)cc1N1CCN(C)CC1. The van der Waals surface area contributed by atoms with Crippen molar-refractivity contribution in [3.05, 3.63) is 60.3 Å². The van der Waals surface area contributed by atoms with Gasteiger partial charge in [0.1, 0.15) is 5.75 Å². The van der Waals surface area contributed by atoms with Crippen LogP contribution in [-0.4, -0.2) is 56.1 Å². The maximum Gasteiger partial charge on any atom is 0.256 e. The van der Waals surface area contributed by atoms with E-state index in [1.807, 2.05) is 42.5 Å². The number of carbonyl (C=O) groups excluding carboxylic acids is 1. The molecular weight excluding hydrogens is 352 g/mol. The summed E-state index contributed by atoms with van der Waals surface area (Å²) in [6.45, 7) is 3.87. The maximum absolute atomic E-state index is 12.9. The number of fused-ring (bicyclic) bond motifs is 1. The second-order valence-corrected chi connectivity index (χ2v) is 7.01. The third-order valence-corrected chi connectivity index (χ3v) is 5.17. The Hall–Kier alpha value is -3.12. The molecule has 1 N–H and O–H groups in total. The molecule has 28 heavy (non-hydrogen) atoms. The van der Waals surface area contributed by atoms with Gasteiger partial charge in [0.25, 0.3) is 5.91 Å². The molecule has 1 saturated heterocycles. The van der Waals surface area contributed by atoms with Crippen LogP contribution in [0.2, 0.25) is 0 Å². The van der Waals surface area contributed by atoms with Crippen molar-refractivity contribution in [2.75, 3.05) is 50.6 Å².